The van der Waals surface area contributed by atoms with Crippen LogP contribution < -0.4 is 9.47 Å². The average Bonchev–Trinajstić information content (AvgIpc) is 2.69. The average molecular weight is 371 g/mol. The first-order chi connectivity index (χ1) is 12.9. The summed E-state index contributed by atoms with van der Waals surface area (Å²) in [6.45, 7) is 4.06. The Labute approximate surface area is 161 Å². The Balaban J connectivity index is 1.62. The van der Waals surface area contributed by atoms with Gasteiger partial charge in [-0.15, -0.1) is 0 Å². The molecule has 0 amide bonds. The minimum atomic E-state index is -0.781. The van der Waals surface area contributed by atoms with Crippen molar-refractivity contribution in [1.82, 2.24) is 4.90 Å². The third kappa shape index (κ3) is 4.43. The number of aliphatic hydroxyl groups is 2. The van der Waals surface area contributed by atoms with Gasteiger partial charge in [0.05, 0.1) is 25.9 Å². The van der Waals surface area contributed by atoms with Crippen molar-refractivity contribution >= 4 is 0 Å². The molecule has 0 aliphatic carbocycles. The first kappa shape index (κ1) is 19.7. The first-order valence-corrected chi connectivity index (χ1v) is 9.37. The van der Waals surface area contributed by atoms with Gasteiger partial charge in [-0.2, -0.15) is 0 Å². The highest BCUT2D eigenvalue weighted by atomic mass is 16.5. The van der Waals surface area contributed by atoms with Crippen LogP contribution in [0, 0.1) is 6.92 Å². The summed E-state index contributed by atoms with van der Waals surface area (Å²) < 4.78 is 10.6. The predicted molar refractivity (Wildman–Crippen MR) is 105 cm³/mol. The number of likely N-dealkylation sites (tertiary alicyclic amines) is 1. The van der Waals surface area contributed by atoms with E-state index < -0.39 is 11.7 Å². The molecule has 1 unspecified atom stereocenters. The summed E-state index contributed by atoms with van der Waals surface area (Å²) in [5.74, 6) is 1.26. The van der Waals surface area contributed by atoms with Gasteiger partial charge < -0.3 is 24.6 Å². The third-order valence-electron chi connectivity index (χ3n) is 5.46. The van der Waals surface area contributed by atoms with Gasteiger partial charge in [-0.05, 0) is 43.0 Å². The van der Waals surface area contributed by atoms with Gasteiger partial charge in [0.25, 0.3) is 0 Å². The van der Waals surface area contributed by atoms with E-state index in [-0.39, 0.29) is 0 Å². The van der Waals surface area contributed by atoms with E-state index in [1.54, 1.807) is 14.2 Å². The van der Waals surface area contributed by atoms with Crippen LogP contribution in [0.3, 0.4) is 0 Å². The topological polar surface area (TPSA) is 62.2 Å². The van der Waals surface area contributed by atoms with Crippen LogP contribution in [0.5, 0.6) is 11.5 Å². The molecule has 146 valence electrons. The summed E-state index contributed by atoms with van der Waals surface area (Å²) >= 11 is 0. The van der Waals surface area contributed by atoms with Gasteiger partial charge in [0.2, 0.25) is 0 Å². The standard InChI is InChI=1S/C22H29NO4/c1-16-5-4-6-18(13-16)22(25)9-11-23(12-10-22)15-19(24)17-7-8-20(26-2)21(14-17)27-3/h4-8,13-14,19,24-25H,9-12,15H2,1-3H3. The molecule has 0 radical (unpaired) electrons. The van der Waals surface area contributed by atoms with Gasteiger partial charge in [-0.1, -0.05) is 35.9 Å². The summed E-state index contributed by atoms with van der Waals surface area (Å²) in [6, 6.07) is 13.6. The van der Waals surface area contributed by atoms with Gasteiger partial charge in [-0.3, -0.25) is 0 Å². The molecule has 5 heteroatoms. The molecular weight excluding hydrogens is 342 g/mol. The Hall–Kier alpha value is -2.08. The fourth-order valence-corrected chi connectivity index (χ4v) is 3.74. The summed E-state index contributed by atoms with van der Waals surface area (Å²) in [5, 5.41) is 21.7. The van der Waals surface area contributed by atoms with Crippen LogP contribution in [0.1, 0.15) is 35.6 Å². The second-order valence-corrected chi connectivity index (χ2v) is 7.33. The molecule has 0 bridgehead atoms. The SMILES string of the molecule is COc1ccc(C(O)CN2CCC(O)(c3cccc(C)c3)CC2)cc1OC. The molecule has 2 aromatic carbocycles. The van der Waals surface area contributed by atoms with E-state index in [2.05, 4.69) is 11.0 Å². The van der Waals surface area contributed by atoms with Crippen LogP contribution in [-0.2, 0) is 5.60 Å². The number of hydrogen-bond donors (Lipinski definition) is 2. The molecule has 3 rings (SSSR count). The molecule has 0 saturated carbocycles. The third-order valence-corrected chi connectivity index (χ3v) is 5.46. The lowest BCUT2D eigenvalue weighted by molar-refractivity contribution is -0.0345. The Bertz CT molecular complexity index is 769. The number of ether oxygens (including phenoxy) is 2. The summed E-state index contributed by atoms with van der Waals surface area (Å²) in [6.07, 6.45) is 0.708. The largest absolute Gasteiger partial charge is 0.493 e. The van der Waals surface area contributed by atoms with E-state index in [1.807, 2.05) is 43.3 Å². The van der Waals surface area contributed by atoms with Gasteiger partial charge >= 0.3 is 0 Å². The van der Waals surface area contributed by atoms with Crippen molar-refractivity contribution < 1.29 is 19.7 Å². The van der Waals surface area contributed by atoms with Crippen molar-refractivity contribution in [2.24, 2.45) is 0 Å². The van der Waals surface area contributed by atoms with Crippen molar-refractivity contribution in [2.45, 2.75) is 31.5 Å². The highest BCUT2D eigenvalue weighted by molar-refractivity contribution is 5.43. The number of methoxy groups -OCH3 is 2. The number of aryl methyl sites for hydroxylation is 1. The minimum absolute atomic E-state index is 0.527. The van der Waals surface area contributed by atoms with Crippen molar-refractivity contribution in [2.75, 3.05) is 33.9 Å². The molecule has 27 heavy (non-hydrogen) atoms. The summed E-state index contributed by atoms with van der Waals surface area (Å²) in [7, 11) is 3.18. The van der Waals surface area contributed by atoms with E-state index in [4.69, 9.17) is 9.47 Å². The molecule has 2 N–H and O–H groups in total. The maximum absolute atomic E-state index is 11.0. The van der Waals surface area contributed by atoms with Crippen molar-refractivity contribution in [3.8, 4) is 11.5 Å². The second-order valence-electron chi connectivity index (χ2n) is 7.33. The molecular formula is C22H29NO4. The van der Waals surface area contributed by atoms with E-state index >= 15 is 0 Å². The molecule has 2 aromatic rings. The van der Waals surface area contributed by atoms with Crippen LogP contribution in [0.2, 0.25) is 0 Å². The van der Waals surface area contributed by atoms with Crippen LogP contribution in [0.25, 0.3) is 0 Å². The fraction of sp³-hybridized carbons (Fsp3) is 0.455. The van der Waals surface area contributed by atoms with Crippen molar-refractivity contribution in [3.05, 3.63) is 59.2 Å². The smallest absolute Gasteiger partial charge is 0.161 e. The maximum Gasteiger partial charge on any atom is 0.161 e. The van der Waals surface area contributed by atoms with Crippen LogP contribution in [-0.4, -0.2) is 49.0 Å². The highest BCUT2D eigenvalue weighted by Gasteiger charge is 2.34. The Morgan fingerprint density at radius 1 is 1.04 bits per heavy atom. The minimum Gasteiger partial charge on any atom is -0.493 e. The highest BCUT2D eigenvalue weighted by Crippen LogP contribution is 2.34. The zero-order valence-electron chi connectivity index (χ0n) is 16.3. The fourth-order valence-electron chi connectivity index (χ4n) is 3.74. The molecule has 1 aliphatic rings. The van der Waals surface area contributed by atoms with Gasteiger partial charge in [0.15, 0.2) is 11.5 Å². The zero-order valence-corrected chi connectivity index (χ0v) is 16.3. The summed E-state index contributed by atoms with van der Waals surface area (Å²) in [4.78, 5) is 2.20. The number of aliphatic hydroxyl groups excluding tert-OH is 1. The lowest BCUT2D eigenvalue weighted by Crippen LogP contribution is -2.44. The molecule has 1 saturated heterocycles. The number of benzene rings is 2. The molecule has 1 heterocycles. The van der Waals surface area contributed by atoms with Crippen LogP contribution >= 0.6 is 0 Å². The zero-order chi connectivity index (χ0) is 19.4. The van der Waals surface area contributed by atoms with Gasteiger partial charge in [0, 0.05) is 19.6 Å². The Kier molecular flexibility index (Phi) is 6.05. The van der Waals surface area contributed by atoms with Gasteiger partial charge in [0.1, 0.15) is 0 Å². The molecule has 1 aliphatic heterocycles. The molecule has 0 aromatic heterocycles. The monoisotopic (exact) mass is 371 g/mol. The predicted octanol–water partition coefficient (Wildman–Crippen LogP) is 3.03. The van der Waals surface area contributed by atoms with Crippen molar-refractivity contribution in [3.63, 3.8) is 0 Å². The molecule has 5 nitrogen and oxygen atoms in total. The Morgan fingerprint density at radius 3 is 2.37 bits per heavy atom. The molecule has 1 atom stereocenters. The lowest BCUT2D eigenvalue weighted by Gasteiger charge is -2.39. The maximum atomic E-state index is 11.0. The van der Waals surface area contributed by atoms with E-state index in [0.717, 1.165) is 29.8 Å². The van der Waals surface area contributed by atoms with E-state index in [0.29, 0.717) is 30.9 Å². The van der Waals surface area contributed by atoms with Gasteiger partial charge in [-0.25, -0.2) is 0 Å². The normalized spacial score (nSPS) is 18.1. The van der Waals surface area contributed by atoms with E-state index in [1.165, 1.54) is 0 Å². The quantitative estimate of drug-likeness (QED) is 0.817. The second kappa shape index (κ2) is 8.30. The van der Waals surface area contributed by atoms with Crippen LogP contribution in [0.4, 0.5) is 0 Å². The number of nitrogens with zero attached hydrogens (tertiary/aromatic N) is 1. The number of hydrogen-bond acceptors (Lipinski definition) is 5. The molecule has 0 spiro atoms. The molecule has 1 fully saturated rings. The summed E-state index contributed by atoms with van der Waals surface area (Å²) in [5.41, 5.74) is 2.17. The number of piperidine rings is 1. The van der Waals surface area contributed by atoms with E-state index in [9.17, 15) is 10.2 Å². The lowest BCUT2D eigenvalue weighted by atomic mass is 9.84. The Morgan fingerprint density at radius 2 is 1.74 bits per heavy atom. The number of β-amino-alcohol motifs (C(OH)–C–C–N with tert-alkyl or cyclic N) is 1. The van der Waals surface area contributed by atoms with Crippen molar-refractivity contribution in [1.29, 1.82) is 0 Å². The first-order valence-electron chi connectivity index (χ1n) is 9.37. The van der Waals surface area contributed by atoms with Crippen LogP contribution in [0.15, 0.2) is 42.5 Å². The number of rotatable bonds is 6.